The fourth-order valence-corrected chi connectivity index (χ4v) is 2.12. The number of carbonyl (C=O) groups excluding carboxylic acids is 1. The Labute approximate surface area is 120 Å². The fraction of sp³-hybridized carbons (Fsp3) is 0.533. The molecule has 0 spiro atoms. The Hall–Kier alpha value is -1.06. The summed E-state index contributed by atoms with van der Waals surface area (Å²) in [5.41, 5.74) is -0.0603. The first-order valence-electron chi connectivity index (χ1n) is 6.65. The standard InChI is InChI=1S/C15H22ClNO2/c1-5-11(3)17-15(4,14(18)19-6-2)12-8-7-9-13(16)10-12/h7-11,17H,5-6H2,1-4H3. The summed E-state index contributed by atoms with van der Waals surface area (Å²) < 4.78 is 5.20. The summed E-state index contributed by atoms with van der Waals surface area (Å²) in [5, 5.41) is 3.95. The predicted molar refractivity (Wildman–Crippen MR) is 78.3 cm³/mol. The second-order valence-corrected chi connectivity index (χ2v) is 5.25. The summed E-state index contributed by atoms with van der Waals surface area (Å²) >= 11 is 6.02. The van der Waals surface area contributed by atoms with Crippen LogP contribution in [-0.4, -0.2) is 18.6 Å². The molecule has 4 heteroatoms. The maximum atomic E-state index is 12.3. The Morgan fingerprint density at radius 3 is 2.68 bits per heavy atom. The molecule has 0 amide bonds. The van der Waals surface area contributed by atoms with E-state index in [1.165, 1.54) is 0 Å². The van der Waals surface area contributed by atoms with Gasteiger partial charge in [0.2, 0.25) is 0 Å². The van der Waals surface area contributed by atoms with Crippen molar-refractivity contribution in [2.45, 2.75) is 45.7 Å². The molecule has 1 aromatic carbocycles. The number of carbonyl (C=O) groups is 1. The van der Waals surface area contributed by atoms with E-state index in [4.69, 9.17) is 16.3 Å². The van der Waals surface area contributed by atoms with Crippen LogP contribution in [0.25, 0.3) is 0 Å². The summed E-state index contributed by atoms with van der Waals surface area (Å²) in [7, 11) is 0. The van der Waals surface area contributed by atoms with Crippen molar-refractivity contribution >= 4 is 17.6 Å². The lowest BCUT2D eigenvalue weighted by Gasteiger charge is -2.32. The van der Waals surface area contributed by atoms with Crippen molar-refractivity contribution in [2.75, 3.05) is 6.61 Å². The number of hydrogen-bond acceptors (Lipinski definition) is 3. The molecule has 0 saturated heterocycles. The smallest absolute Gasteiger partial charge is 0.330 e. The summed E-state index contributed by atoms with van der Waals surface area (Å²) in [6.45, 7) is 8.11. The van der Waals surface area contributed by atoms with Crippen LogP contribution in [0, 0.1) is 0 Å². The fourth-order valence-electron chi connectivity index (χ4n) is 1.93. The molecule has 0 radical (unpaired) electrons. The molecule has 2 atom stereocenters. The van der Waals surface area contributed by atoms with Gasteiger partial charge in [0.15, 0.2) is 0 Å². The normalized spacial score (nSPS) is 15.6. The summed E-state index contributed by atoms with van der Waals surface area (Å²) in [5.74, 6) is -0.280. The van der Waals surface area contributed by atoms with Gasteiger partial charge in [0.1, 0.15) is 5.54 Å². The molecule has 19 heavy (non-hydrogen) atoms. The third-order valence-corrected chi connectivity index (χ3v) is 3.47. The number of nitrogens with one attached hydrogen (secondary N) is 1. The van der Waals surface area contributed by atoms with E-state index >= 15 is 0 Å². The highest BCUT2D eigenvalue weighted by Crippen LogP contribution is 2.26. The number of hydrogen-bond donors (Lipinski definition) is 1. The largest absolute Gasteiger partial charge is 0.464 e. The quantitative estimate of drug-likeness (QED) is 0.812. The van der Waals surface area contributed by atoms with E-state index in [1.54, 1.807) is 19.1 Å². The Balaban J connectivity index is 3.14. The van der Waals surface area contributed by atoms with Crippen LogP contribution in [0.15, 0.2) is 24.3 Å². The van der Waals surface area contributed by atoms with Gasteiger partial charge in [-0.05, 0) is 44.9 Å². The highest BCUT2D eigenvalue weighted by Gasteiger charge is 2.37. The number of halogens is 1. The number of ether oxygens (including phenoxy) is 1. The maximum Gasteiger partial charge on any atom is 0.330 e. The van der Waals surface area contributed by atoms with Crippen molar-refractivity contribution < 1.29 is 9.53 Å². The van der Waals surface area contributed by atoms with Crippen LogP contribution >= 0.6 is 11.6 Å². The first kappa shape index (κ1) is 16.0. The average Bonchev–Trinajstić information content (AvgIpc) is 2.38. The Morgan fingerprint density at radius 2 is 2.16 bits per heavy atom. The lowest BCUT2D eigenvalue weighted by Crippen LogP contribution is -2.51. The van der Waals surface area contributed by atoms with Gasteiger partial charge in [-0.3, -0.25) is 5.32 Å². The van der Waals surface area contributed by atoms with Gasteiger partial charge in [0, 0.05) is 11.1 Å². The van der Waals surface area contributed by atoms with Gasteiger partial charge in [-0.2, -0.15) is 0 Å². The van der Waals surface area contributed by atoms with Gasteiger partial charge >= 0.3 is 5.97 Å². The Bertz CT molecular complexity index is 436. The van der Waals surface area contributed by atoms with Crippen LogP contribution in [0.2, 0.25) is 5.02 Å². The van der Waals surface area contributed by atoms with Crippen LogP contribution in [0.5, 0.6) is 0 Å². The molecule has 0 aliphatic heterocycles. The molecule has 106 valence electrons. The number of rotatable bonds is 6. The molecule has 0 bridgehead atoms. The molecule has 3 nitrogen and oxygen atoms in total. The zero-order valence-electron chi connectivity index (χ0n) is 12.0. The monoisotopic (exact) mass is 283 g/mol. The van der Waals surface area contributed by atoms with Gasteiger partial charge in [-0.15, -0.1) is 0 Å². The first-order valence-corrected chi connectivity index (χ1v) is 7.02. The van der Waals surface area contributed by atoms with Crippen LogP contribution < -0.4 is 5.32 Å². The molecule has 1 rings (SSSR count). The van der Waals surface area contributed by atoms with E-state index in [1.807, 2.05) is 26.0 Å². The molecule has 0 fully saturated rings. The zero-order chi connectivity index (χ0) is 14.5. The van der Waals surface area contributed by atoms with Crippen molar-refractivity contribution in [3.8, 4) is 0 Å². The second-order valence-electron chi connectivity index (χ2n) is 4.81. The molecule has 0 aromatic heterocycles. The summed E-state index contributed by atoms with van der Waals surface area (Å²) in [4.78, 5) is 12.3. The molecule has 0 heterocycles. The third kappa shape index (κ3) is 3.95. The van der Waals surface area contributed by atoms with E-state index < -0.39 is 5.54 Å². The zero-order valence-corrected chi connectivity index (χ0v) is 12.8. The Morgan fingerprint density at radius 1 is 1.47 bits per heavy atom. The number of esters is 1. The van der Waals surface area contributed by atoms with Gasteiger partial charge in [0.25, 0.3) is 0 Å². The van der Waals surface area contributed by atoms with Crippen molar-refractivity contribution in [1.82, 2.24) is 5.32 Å². The molecular formula is C15H22ClNO2. The lowest BCUT2D eigenvalue weighted by atomic mass is 9.91. The van der Waals surface area contributed by atoms with E-state index in [0.29, 0.717) is 11.6 Å². The maximum absolute atomic E-state index is 12.3. The van der Waals surface area contributed by atoms with Gasteiger partial charge in [-0.25, -0.2) is 4.79 Å². The molecule has 0 saturated carbocycles. The molecule has 0 aliphatic carbocycles. The Kier molecular flexibility index (Phi) is 5.83. The highest BCUT2D eigenvalue weighted by molar-refractivity contribution is 6.30. The summed E-state index contributed by atoms with van der Waals surface area (Å²) in [6, 6.07) is 7.52. The van der Waals surface area contributed by atoms with Crippen LogP contribution in [0.3, 0.4) is 0 Å². The van der Waals surface area contributed by atoms with Crippen molar-refractivity contribution in [3.05, 3.63) is 34.9 Å². The summed E-state index contributed by atoms with van der Waals surface area (Å²) in [6.07, 6.45) is 0.926. The first-order chi connectivity index (χ1) is 8.93. The average molecular weight is 284 g/mol. The van der Waals surface area contributed by atoms with Crippen molar-refractivity contribution in [3.63, 3.8) is 0 Å². The van der Waals surface area contributed by atoms with Crippen LogP contribution in [0.1, 0.15) is 39.7 Å². The third-order valence-electron chi connectivity index (χ3n) is 3.23. The van der Waals surface area contributed by atoms with E-state index in [2.05, 4.69) is 12.2 Å². The molecule has 0 aliphatic rings. The molecule has 1 aromatic rings. The lowest BCUT2D eigenvalue weighted by molar-refractivity contribution is -0.151. The van der Waals surface area contributed by atoms with Crippen molar-refractivity contribution in [2.24, 2.45) is 0 Å². The van der Waals surface area contributed by atoms with E-state index in [0.717, 1.165) is 12.0 Å². The van der Waals surface area contributed by atoms with Gasteiger partial charge in [0.05, 0.1) is 6.61 Å². The van der Waals surface area contributed by atoms with E-state index in [9.17, 15) is 4.79 Å². The second kappa shape index (κ2) is 6.92. The molecule has 1 N–H and O–H groups in total. The minimum absolute atomic E-state index is 0.202. The number of benzene rings is 1. The van der Waals surface area contributed by atoms with Gasteiger partial charge < -0.3 is 4.74 Å². The highest BCUT2D eigenvalue weighted by atomic mass is 35.5. The van der Waals surface area contributed by atoms with Gasteiger partial charge in [-0.1, -0.05) is 30.7 Å². The SMILES string of the molecule is CCOC(=O)C(C)(NC(C)CC)c1cccc(Cl)c1. The van der Waals surface area contributed by atoms with Crippen LogP contribution in [-0.2, 0) is 15.1 Å². The van der Waals surface area contributed by atoms with E-state index in [-0.39, 0.29) is 12.0 Å². The topological polar surface area (TPSA) is 38.3 Å². The predicted octanol–water partition coefficient (Wildman–Crippen LogP) is 3.51. The molecule has 2 unspecified atom stereocenters. The minimum Gasteiger partial charge on any atom is -0.464 e. The van der Waals surface area contributed by atoms with Crippen LogP contribution in [0.4, 0.5) is 0 Å². The molecular weight excluding hydrogens is 262 g/mol. The van der Waals surface area contributed by atoms with Crippen molar-refractivity contribution in [1.29, 1.82) is 0 Å². The minimum atomic E-state index is -0.879.